The quantitative estimate of drug-likeness (QED) is 0.773. The monoisotopic (exact) mass is 413 g/mol. The molecule has 1 saturated heterocycles. The maximum Gasteiger partial charge on any atom is 0.227 e. The summed E-state index contributed by atoms with van der Waals surface area (Å²) in [4.78, 5) is 24.6. The van der Waals surface area contributed by atoms with Gasteiger partial charge < -0.3 is 4.90 Å². The molecule has 2 heterocycles. The average Bonchev–Trinajstić information content (AvgIpc) is 2.67. The number of hydrogen-bond donors (Lipinski definition) is 0. The fourth-order valence-electron chi connectivity index (χ4n) is 4.93. The van der Waals surface area contributed by atoms with Gasteiger partial charge in [-0.3, -0.25) is 4.79 Å². The molecular formula is C22H27N3O3S. The fraction of sp³-hybridized carbons (Fsp3) is 0.500. The van der Waals surface area contributed by atoms with Crippen LogP contribution in [0.3, 0.4) is 0 Å². The van der Waals surface area contributed by atoms with Gasteiger partial charge in [0.05, 0.1) is 17.0 Å². The van der Waals surface area contributed by atoms with E-state index in [0.717, 1.165) is 49.3 Å². The Bertz CT molecular complexity index is 1050. The molecule has 1 fully saturated rings. The van der Waals surface area contributed by atoms with Crippen LogP contribution < -0.4 is 0 Å². The maximum atomic E-state index is 13.2. The predicted octanol–water partition coefficient (Wildman–Crippen LogP) is 2.63. The first-order valence-corrected chi connectivity index (χ1v) is 12.0. The zero-order valence-corrected chi connectivity index (χ0v) is 18.0. The van der Waals surface area contributed by atoms with Crippen LogP contribution in [0.15, 0.2) is 35.4 Å². The van der Waals surface area contributed by atoms with Crippen molar-refractivity contribution in [1.82, 2.24) is 14.9 Å². The van der Waals surface area contributed by atoms with Gasteiger partial charge in [-0.2, -0.15) is 0 Å². The topological polar surface area (TPSA) is 80.2 Å². The normalized spacial score (nSPS) is 24.0. The van der Waals surface area contributed by atoms with Crippen molar-refractivity contribution in [3.63, 3.8) is 0 Å². The van der Waals surface area contributed by atoms with Crippen LogP contribution in [-0.4, -0.2) is 48.0 Å². The number of amides is 1. The van der Waals surface area contributed by atoms with Gasteiger partial charge in [0, 0.05) is 30.5 Å². The average molecular weight is 414 g/mol. The number of carbonyl (C=O) groups excluding carboxylic acids is 1. The van der Waals surface area contributed by atoms with Gasteiger partial charge in [-0.1, -0.05) is 19.1 Å². The van der Waals surface area contributed by atoms with Crippen molar-refractivity contribution in [2.45, 2.75) is 62.3 Å². The standard InChI is InChI=1S/C22H27N3O3S/c1-15-23-14-17-7-10-19-22(2,21(17)24-15)11-4-12-25(19)20(26)13-16-5-8-18(9-6-16)29(3,27)28/h5-6,8-9,14,19H,4,7,10-13H2,1-3H3/t19?,22-/m1/s1. The van der Waals surface area contributed by atoms with Crippen LogP contribution in [0.1, 0.15) is 48.8 Å². The summed E-state index contributed by atoms with van der Waals surface area (Å²) in [5.41, 5.74) is 3.01. The molecule has 1 aromatic heterocycles. The SMILES string of the molecule is Cc1ncc2c(n1)[C@]1(C)CCCN(C(=O)Cc3ccc(S(C)(=O)=O)cc3)C1CC2. The Kier molecular flexibility index (Phi) is 4.97. The molecule has 1 amide bonds. The van der Waals surface area contributed by atoms with E-state index in [1.54, 1.807) is 24.3 Å². The van der Waals surface area contributed by atoms with E-state index in [-0.39, 0.29) is 28.7 Å². The Labute approximate surface area is 172 Å². The molecule has 0 radical (unpaired) electrons. The maximum absolute atomic E-state index is 13.2. The second-order valence-corrected chi connectivity index (χ2v) is 10.6. The Hall–Kier alpha value is -2.28. The molecule has 0 bridgehead atoms. The summed E-state index contributed by atoms with van der Waals surface area (Å²) in [6.07, 6.45) is 7.21. The van der Waals surface area contributed by atoms with Gasteiger partial charge >= 0.3 is 0 Å². The smallest absolute Gasteiger partial charge is 0.227 e. The third-order valence-electron chi connectivity index (χ3n) is 6.45. The highest BCUT2D eigenvalue weighted by Gasteiger charge is 2.48. The van der Waals surface area contributed by atoms with Crippen molar-refractivity contribution in [3.8, 4) is 0 Å². The van der Waals surface area contributed by atoms with E-state index in [1.165, 1.54) is 11.8 Å². The van der Waals surface area contributed by atoms with E-state index in [2.05, 4.69) is 11.9 Å². The molecule has 2 aliphatic rings. The van der Waals surface area contributed by atoms with Crippen molar-refractivity contribution >= 4 is 15.7 Å². The number of benzene rings is 1. The molecular weight excluding hydrogens is 386 g/mol. The van der Waals surface area contributed by atoms with E-state index in [0.29, 0.717) is 0 Å². The van der Waals surface area contributed by atoms with Crippen LogP contribution in [0.5, 0.6) is 0 Å². The van der Waals surface area contributed by atoms with Crippen LogP contribution in [0.2, 0.25) is 0 Å². The number of piperidine rings is 1. The first-order chi connectivity index (χ1) is 13.7. The molecule has 7 heteroatoms. The number of sulfone groups is 1. The summed E-state index contributed by atoms with van der Waals surface area (Å²) in [5, 5.41) is 0. The lowest BCUT2D eigenvalue weighted by atomic mass is 9.65. The molecule has 2 atom stereocenters. The van der Waals surface area contributed by atoms with Crippen molar-refractivity contribution in [3.05, 3.63) is 53.1 Å². The van der Waals surface area contributed by atoms with E-state index >= 15 is 0 Å². The van der Waals surface area contributed by atoms with Crippen molar-refractivity contribution in [1.29, 1.82) is 0 Å². The van der Waals surface area contributed by atoms with Gasteiger partial charge in [0.1, 0.15) is 5.82 Å². The Morgan fingerprint density at radius 2 is 2.00 bits per heavy atom. The third-order valence-corrected chi connectivity index (χ3v) is 7.58. The first kappa shape index (κ1) is 20.0. The van der Waals surface area contributed by atoms with Crippen molar-refractivity contribution in [2.24, 2.45) is 0 Å². The van der Waals surface area contributed by atoms with E-state index < -0.39 is 9.84 Å². The minimum atomic E-state index is -3.23. The summed E-state index contributed by atoms with van der Waals surface area (Å²) in [7, 11) is -3.23. The highest BCUT2D eigenvalue weighted by molar-refractivity contribution is 7.90. The Balaban J connectivity index is 1.57. The zero-order valence-electron chi connectivity index (χ0n) is 17.2. The number of likely N-dealkylation sites (tertiary alicyclic amines) is 1. The van der Waals surface area contributed by atoms with E-state index in [1.807, 2.05) is 18.0 Å². The number of hydrogen-bond acceptors (Lipinski definition) is 5. The predicted molar refractivity (Wildman–Crippen MR) is 110 cm³/mol. The summed E-state index contributed by atoms with van der Waals surface area (Å²) >= 11 is 0. The Morgan fingerprint density at radius 1 is 1.28 bits per heavy atom. The number of aryl methyl sites for hydroxylation is 2. The number of aromatic nitrogens is 2. The molecule has 0 spiro atoms. The Morgan fingerprint density at radius 3 is 2.69 bits per heavy atom. The summed E-state index contributed by atoms with van der Waals surface area (Å²) < 4.78 is 23.3. The molecule has 1 unspecified atom stereocenters. The molecule has 2 aromatic rings. The van der Waals surface area contributed by atoms with E-state index in [9.17, 15) is 13.2 Å². The number of fused-ring (bicyclic) bond motifs is 3. The largest absolute Gasteiger partial charge is 0.338 e. The number of carbonyl (C=O) groups is 1. The fourth-order valence-corrected chi connectivity index (χ4v) is 5.56. The third kappa shape index (κ3) is 3.68. The minimum absolute atomic E-state index is 0.0993. The zero-order chi connectivity index (χ0) is 20.8. The van der Waals surface area contributed by atoms with Gasteiger partial charge in [-0.25, -0.2) is 18.4 Å². The molecule has 154 valence electrons. The van der Waals surface area contributed by atoms with Crippen LogP contribution in [0, 0.1) is 6.92 Å². The van der Waals surface area contributed by atoms with Crippen LogP contribution in [0.25, 0.3) is 0 Å². The molecule has 29 heavy (non-hydrogen) atoms. The molecule has 1 aromatic carbocycles. The summed E-state index contributed by atoms with van der Waals surface area (Å²) in [6, 6.07) is 6.78. The lowest BCUT2D eigenvalue weighted by Gasteiger charge is -2.51. The van der Waals surface area contributed by atoms with Crippen LogP contribution in [0.4, 0.5) is 0 Å². The van der Waals surface area contributed by atoms with Gasteiger partial charge in [-0.15, -0.1) is 0 Å². The molecule has 0 saturated carbocycles. The van der Waals surface area contributed by atoms with Crippen molar-refractivity contribution < 1.29 is 13.2 Å². The van der Waals surface area contributed by atoms with Crippen LogP contribution >= 0.6 is 0 Å². The van der Waals surface area contributed by atoms with Crippen molar-refractivity contribution in [2.75, 3.05) is 12.8 Å². The second kappa shape index (κ2) is 7.20. The first-order valence-electron chi connectivity index (χ1n) is 10.1. The second-order valence-electron chi connectivity index (χ2n) is 8.55. The highest BCUT2D eigenvalue weighted by Crippen LogP contribution is 2.44. The molecule has 0 N–H and O–H groups in total. The summed E-state index contributed by atoms with van der Waals surface area (Å²) in [5.74, 6) is 0.877. The number of rotatable bonds is 3. The van der Waals surface area contributed by atoms with Gasteiger partial charge in [0.25, 0.3) is 0 Å². The molecule has 1 aliphatic carbocycles. The lowest BCUT2D eigenvalue weighted by molar-refractivity contribution is -0.137. The molecule has 4 rings (SSSR count). The summed E-state index contributed by atoms with van der Waals surface area (Å²) in [6.45, 7) is 4.92. The highest BCUT2D eigenvalue weighted by atomic mass is 32.2. The van der Waals surface area contributed by atoms with Crippen LogP contribution in [-0.2, 0) is 32.9 Å². The minimum Gasteiger partial charge on any atom is -0.338 e. The van der Waals surface area contributed by atoms with Gasteiger partial charge in [-0.05, 0) is 55.9 Å². The molecule has 1 aliphatic heterocycles. The van der Waals surface area contributed by atoms with Gasteiger partial charge in [0.15, 0.2) is 9.84 Å². The lowest BCUT2D eigenvalue weighted by Crippen LogP contribution is -2.58. The van der Waals surface area contributed by atoms with Gasteiger partial charge in [0.2, 0.25) is 5.91 Å². The molecule has 6 nitrogen and oxygen atoms in total. The number of nitrogens with zero attached hydrogens (tertiary/aromatic N) is 3. The van der Waals surface area contributed by atoms with E-state index in [4.69, 9.17) is 4.98 Å².